The van der Waals surface area contributed by atoms with Crippen LogP contribution in [0, 0.1) is 0 Å². The average Bonchev–Trinajstić information content (AvgIpc) is 2.99. The van der Waals surface area contributed by atoms with Gasteiger partial charge < -0.3 is 29.0 Å². The topological polar surface area (TPSA) is 143 Å². The van der Waals surface area contributed by atoms with Crippen molar-refractivity contribution in [2.75, 3.05) is 0 Å². The predicted octanol–water partition coefficient (Wildman–Crippen LogP) is 1.72. The molecule has 1 aliphatic heterocycles. The van der Waals surface area contributed by atoms with Gasteiger partial charge in [0.2, 0.25) is 0 Å². The van der Waals surface area contributed by atoms with Crippen LogP contribution in [0.15, 0.2) is 42.7 Å². The second kappa shape index (κ2) is 6.75. The highest BCUT2D eigenvalue weighted by Crippen LogP contribution is 2.40. The van der Waals surface area contributed by atoms with Crippen molar-refractivity contribution in [1.29, 1.82) is 0 Å². The minimum atomic E-state index is -4.58. The van der Waals surface area contributed by atoms with Gasteiger partial charge in [-0.1, -0.05) is 12.1 Å². The van der Waals surface area contributed by atoms with Crippen molar-refractivity contribution >= 4 is 16.5 Å². The van der Waals surface area contributed by atoms with Crippen LogP contribution >= 0.6 is 0 Å². The van der Waals surface area contributed by atoms with Gasteiger partial charge in [-0.25, -0.2) is 0 Å². The van der Waals surface area contributed by atoms with Gasteiger partial charge in [0.05, 0.1) is 0 Å². The summed E-state index contributed by atoms with van der Waals surface area (Å²) in [5.74, 6) is -0.0553. The Labute approximate surface area is 148 Å². The summed E-state index contributed by atoms with van der Waals surface area (Å²) in [7, 11) is -4.58. The van der Waals surface area contributed by atoms with Crippen LogP contribution in [-0.4, -0.2) is 34.6 Å². The number of aliphatic hydroxyl groups is 1. The number of aliphatic hydroxyl groups excluding tert-OH is 1. The van der Waals surface area contributed by atoms with Gasteiger partial charge in [0, 0.05) is 0 Å². The Hall–Kier alpha value is -2.95. The van der Waals surface area contributed by atoms with Gasteiger partial charge in [-0.2, -0.15) is 8.42 Å². The standard InChI is InChI=1S/C16H14O9S/c17-11-3-2-10(8-12(11)18)15(19)16-24-13-4-1-9(7-14(13)25-16)5-6-23-26(20,21)22/h1-8,15-19H,(H,20,21,22)/t15-,16+/m1/s1. The highest BCUT2D eigenvalue weighted by Gasteiger charge is 2.32. The number of hydrogen-bond acceptors (Lipinski definition) is 8. The molecule has 1 aliphatic rings. The largest absolute Gasteiger partial charge is 0.504 e. The molecule has 0 amide bonds. The zero-order chi connectivity index (χ0) is 18.9. The van der Waals surface area contributed by atoms with E-state index in [0.717, 1.165) is 6.26 Å². The molecule has 26 heavy (non-hydrogen) atoms. The number of ether oxygens (including phenoxy) is 2. The fraction of sp³-hybridized carbons (Fsp3) is 0.125. The van der Waals surface area contributed by atoms with Crippen LogP contribution in [-0.2, 0) is 14.6 Å². The van der Waals surface area contributed by atoms with E-state index < -0.39 is 22.8 Å². The molecule has 4 N–H and O–H groups in total. The molecule has 1 heterocycles. The second-order valence-electron chi connectivity index (χ2n) is 5.33. The Bertz CT molecular complexity index is 952. The summed E-state index contributed by atoms with van der Waals surface area (Å²) in [6.07, 6.45) is -0.254. The van der Waals surface area contributed by atoms with Gasteiger partial charge in [0.25, 0.3) is 6.29 Å². The van der Waals surface area contributed by atoms with E-state index in [-0.39, 0.29) is 17.1 Å². The molecule has 9 nitrogen and oxygen atoms in total. The quantitative estimate of drug-likeness (QED) is 0.345. The van der Waals surface area contributed by atoms with E-state index in [4.69, 9.17) is 14.0 Å². The van der Waals surface area contributed by atoms with E-state index in [9.17, 15) is 23.7 Å². The third-order valence-electron chi connectivity index (χ3n) is 3.49. The molecule has 0 saturated heterocycles. The van der Waals surface area contributed by atoms with Gasteiger partial charge in [-0.15, -0.1) is 0 Å². The van der Waals surface area contributed by atoms with Crippen LogP contribution < -0.4 is 9.47 Å². The molecule has 0 aromatic heterocycles. The van der Waals surface area contributed by atoms with E-state index in [2.05, 4.69) is 4.18 Å². The Morgan fingerprint density at radius 2 is 1.77 bits per heavy atom. The van der Waals surface area contributed by atoms with Crippen molar-refractivity contribution < 1.29 is 41.9 Å². The van der Waals surface area contributed by atoms with Crippen LogP contribution in [0.2, 0.25) is 0 Å². The van der Waals surface area contributed by atoms with E-state index >= 15 is 0 Å². The van der Waals surface area contributed by atoms with Crippen molar-refractivity contribution in [3.63, 3.8) is 0 Å². The number of benzene rings is 2. The maximum atomic E-state index is 10.5. The van der Waals surface area contributed by atoms with Crippen LogP contribution in [0.3, 0.4) is 0 Å². The first-order chi connectivity index (χ1) is 12.2. The maximum Gasteiger partial charge on any atom is 0.445 e. The first-order valence-corrected chi connectivity index (χ1v) is 8.59. The molecule has 0 radical (unpaired) electrons. The molecule has 0 bridgehead atoms. The Morgan fingerprint density at radius 1 is 1.04 bits per heavy atom. The van der Waals surface area contributed by atoms with E-state index in [0.29, 0.717) is 17.1 Å². The van der Waals surface area contributed by atoms with Gasteiger partial charge in [-0.3, -0.25) is 4.55 Å². The lowest BCUT2D eigenvalue weighted by atomic mass is 10.1. The molecule has 0 saturated carbocycles. The van der Waals surface area contributed by atoms with Crippen molar-refractivity contribution in [2.24, 2.45) is 0 Å². The molecule has 2 aromatic carbocycles. The van der Waals surface area contributed by atoms with Crippen molar-refractivity contribution in [3.8, 4) is 23.0 Å². The number of phenols is 2. The second-order valence-corrected chi connectivity index (χ2v) is 6.38. The maximum absolute atomic E-state index is 10.5. The molecule has 10 heteroatoms. The first kappa shape index (κ1) is 17.9. The number of phenolic OH excluding ortho intramolecular Hbond substituents is 2. The normalized spacial score (nSPS) is 17.4. The monoisotopic (exact) mass is 382 g/mol. The van der Waals surface area contributed by atoms with Crippen LogP contribution in [0.1, 0.15) is 17.2 Å². The zero-order valence-corrected chi connectivity index (χ0v) is 13.8. The zero-order valence-electron chi connectivity index (χ0n) is 13.0. The minimum Gasteiger partial charge on any atom is -0.504 e. The highest BCUT2D eigenvalue weighted by atomic mass is 32.3. The van der Waals surface area contributed by atoms with Gasteiger partial charge in [-0.05, 0) is 41.5 Å². The van der Waals surface area contributed by atoms with Gasteiger partial charge in [0.1, 0.15) is 6.26 Å². The fourth-order valence-corrected chi connectivity index (χ4v) is 2.48. The summed E-state index contributed by atoms with van der Waals surface area (Å²) in [6, 6.07) is 8.47. The fourth-order valence-electron chi connectivity index (χ4n) is 2.28. The first-order valence-electron chi connectivity index (χ1n) is 7.22. The number of hydrogen-bond donors (Lipinski definition) is 4. The smallest absolute Gasteiger partial charge is 0.445 e. The highest BCUT2D eigenvalue weighted by molar-refractivity contribution is 7.81. The molecular weight excluding hydrogens is 368 g/mol. The molecular formula is C16H14O9S. The third kappa shape index (κ3) is 3.99. The van der Waals surface area contributed by atoms with Crippen molar-refractivity contribution in [1.82, 2.24) is 0 Å². The van der Waals surface area contributed by atoms with Crippen LogP contribution in [0.4, 0.5) is 0 Å². The number of rotatable bonds is 5. The minimum absolute atomic E-state index is 0.278. The van der Waals surface area contributed by atoms with Gasteiger partial charge >= 0.3 is 10.4 Å². The number of aromatic hydroxyl groups is 2. The van der Waals surface area contributed by atoms with Crippen molar-refractivity contribution in [3.05, 3.63) is 53.8 Å². The Morgan fingerprint density at radius 3 is 2.46 bits per heavy atom. The molecule has 0 aliphatic carbocycles. The van der Waals surface area contributed by atoms with E-state index in [1.54, 1.807) is 12.1 Å². The lowest BCUT2D eigenvalue weighted by Crippen LogP contribution is -2.26. The summed E-state index contributed by atoms with van der Waals surface area (Å²) in [6.45, 7) is 0. The van der Waals surface area contributed by atoms with E-state index in [1.165, 1.54) is 30.3 Å². The molecule has 2 aromatic rings. The lowest BCUT2D eigenvalue weighted by molar-refractivity contribution is -0.0605. The molecule has 0 unspecified atom stereocenters. The van der Waals surface area contributed by atoms with Gasteiger partial charge in [0.15, 0.2) is 29.1 Å². The van der Waals surface area contributed by atoms with E-state index in [1.807, 2.05) is 0 Å². The lowest BCUT2D eigenvalue weighted by Gasteiger charge is -2.17. The summed E-state index contributed by atoms with van der Waals surface area (Å²) >= 11 is 0. The molecule has 138 valence electrons. The molecule has 0 spiro atoms. The third-order valence-corrected chi connectivity index (χ3v) is 3.84. The summed E-state index contributed by atoms with van der Waals surface area (Å²) in [5, 5.41) is 29.2. The summed E-state index contributed by atoms with van der Waals surface area (Å²) < 4.78 is 44.6. The van der Waals surface area contributed by atoms with Crippen LogP contribution in [0.25, 0.3) is 6.08 Å². The predicted molar refractivity (Wildman–Crippen MR) is 87.9 cm³/mol. The molecule has 0 fully saturated rings. The molecule has 3 rings (SSSR count). The Kier molecular flexibility index (Phi) is 4.64. The Balaban J connectivity index is 1.73. The van der Waals surface area contributed by atoms with Crippen LogP contribution in [0.5, 0.6) is 23.0 Å². The summed E-state index contributed by atoms with van der Waals surface area (Å²) in [4.78, 5) is 0. The number of fused-ring (bicyclic) bond motifs is 1. The molecule has 2 atom stereocenters. The SMILES string of the molecule is O=S(=O)(O)OC=Cc1ccc2c(c1)O[C@@H]([C@H](O)c1ccc(O)c(O)c1)O2. The van der Waals surface area contributed by atoms with Crippen molar-refractivity contribution in [2.45, 2.75) is 12.4 Å². The summed E-state index contributed by atoms with van der Waals surface area (Å²) in [5.41, 5.74) is 0.771. The average molecular weight is 382 g/mol.